The lowest BCUT2D eigenvalue weighted by atomic mass is 9.67. The van der Waals surface area contributed by atoms with Crippen molar-refractivity contribution in [2.75, 3.05) is 0 Å². The molecule has 94 valence electrons. The van der Waals surface area contributed by atoms with Gasteiger partial charge < -0.3 is 0 Å². The summed E-state index contributed by atoms with van der Waals surface area (Å²) in [6.07, 6.45) is 6.61. The Morgan fingerprint density at radius 3 is 2.65 bits per heavy atom. The van der Waals surface area contributed by atoms with Crippen molar-refractivity contribution in [1.82, 2.24) is 0 Å². The summed E-state index contributed by atoms with van der Waals surface area (Å²) in [7, 11) is 0. The number of rotatable bonds is 4. The molecule has 2 nitrogen and oxygen atoms in total. The Morgan fingerprint density at radius 1 is 1.53 bits per heavy atom. The second kappa shape index (κ2) is 5.44. The number of allylic oxidation sites excluding steroid dienone is 3. The van der Waals surface area contributed by atoms with Crippen LogP contribution in [0.2, 0.25) is 0 Å². The highest BCUT2D eigenvalue weighted by Gasteiger charge is 2.37. The van der Waals surface area contributed by atoms with Gasteiger partial charge in [-0.3, -0.25) is 9.59 Å². The van der Waals surface area contributed by atoms with Gasteiger partial charge in [0.05, 0.1) is 0 Å². The molecule has 0 unspecified atom stereocenters. The smallest absolute Gasteiger partial charge is 0.152 e. The van der Waals surface area contributed by atoms with E-state index in [0.717, 1.165) is 18.4 Å². The zero-order valence-corrected chi connectivity index (χ0v) is 11.1. The molecule has 0 amide bonds. The van der Waals surface area contributed by atoms with Crippen molar-refractivity contribution in [2.45, 2.75) is 46.5 Å². The van der Waals surface area contributed by atoms with Crippen LogP contribution in [0.25, 0.3) is 0 Å². The average Bonchev–Trinajstić information content (AvgIpc) is 2.21. The molecule has 0 aromatic rings. The van der Waals surface area contributed by atoms with Gasteiger partial charge in [0.25, 0.3) is 0 Å². The fourth-order valence-corrected chi connectivity index (χ4v) is 2.33. The zero-order chi connectivity index (χ0) is 13.1. The second-order valence-corrected chi connectivity index (χ2v) is 5.49. The van der Waals surface area contributed by atoms with Crippen LogP contribution >= 0.6 is 0 Å². The minimum atomic E-state index is -0.280. The molecule has 1 rings (SSSR count). The van der Waals surface area contributed by atoms with E-state index in [1.165, 1.54) is 6.92 Å². The number of ketones is 2. The van der Waals surface area contributed by atoms with E-state index in [1.807, 2.05) is 19.9 Å². The van der Waals surface area contributed by atoms with Gasteiger partial charge in [0.15, 0.2) is 5.78 Å². The molecule has 1 aliphatic rings. The predicted octanol–water partition coefficient (Wildman–Crippen LogP) is 3.47. The minimum absolute atomic E-state index is 0.0386. The minimum Gasteiger partial charge on any atom is -0.299 e. The molecule has 0 heterocycles. The third-order valence-electron chi connectivity index (χ3n) is 3.77. The molecule has 17 heavy (non-hydrogen) atoms. The van der Waals surface area contributed by atoms with Crippen molar-refractivity contribution >= 4 is 11.6 Å². The largest absolute Gasteiger partial charge is 0.299 e. The summed E-state index contributed by atoms with van der Waals surface area (Å²) in [6.45, 7) is 9.47. The van der Waals surface area contributed by atoms with Gasteiger partial charge in [0.1, 0.15) is 5.78 Å². The number of hydrogen-bond donors (Lipinski definition) is 0. The van der Waals surface area contributed by atoms with E-state index >= 15 is 0 Å². The summed E-state index contributed by atoms with van der Waals surface area (Å²) in [6, 6.07) is 0. The Labute approximate surface area is 104 Å². The van der Waals surface area contributed by atoms with Gasteiger partial charge in [-0.05, 0) is 45.1 Å². The summed E-state index contributed by atoms with van der Waals surface area (Å²) >= 11 is 0. The summed E-state index contributed by atoms with van der Waals surface area (Å²) in [5, 5.41) is 0. The summed E-state index contributed by atoms with van der Waals surface area (Å²) in [5.41, 5.74) is 0.831. The first kappa shape index (κ1) is 13.9. The molecule has 1 fully saturated rings. The molecule has 0 spiro atoms. The van der Waals surface area contributed by atoms with Crippen LogP contribution in [0.15, 0.2) is 24.3 Å². The molecule has 0 aliphatic heterocycles. The lowest BCUT2D eigenvalue weighted by Gasteiger charge is -2.35. The number of carbonyl (C=O) groups is 2. The van der Waals surface area contributed by atoms with Crippen LogP contribution in [0.4, 0.5) is 0 Å². The van der Waals surface area contributed by atoms with Crippen LogP contribution in [0.5, 0.6) is 0 Å². The van der Waals surface area contributed by atoms with Crippen LogP contribution in [0, 0.1) is 11.3 Å². The average molecular weight is 234 g/mol. The SMILES string of the molecule is C=C(C)[C@@H]1CC[C@@](C)(C/C=C/C(C)=O)C(=O)C1. The molecule has 0 aromatic heterocycles. The summed E-state index contributed by atoms with van der Waals surface area (Å²) in [4.78, 5) is 23.0. The molecule has 0 radical (unpaired) electrons. The van der Waals surface area contributed by atoms with Crippen molar-refractivity contribution in [3.8, 4) is 0 Å². The monoisotopic (exact) mass is 234 g/mol. The van der Waals surface area contributed by atoms with Crippen molar-refractivity contribution in [2.24, 2.45) is 11.3 Å². The standard InChI is InChI=1S/C15H22O2/c1-11(2)13-7-9-15(4,14(17)10-13)8-5-6-12(3)16/h5-6,13H,1,7-10H2,2-4H3/b6-5+/t13-,15-/m1/s1. The van der Waals surface area contributed by atoms with Crippen molar-refractivity contribution < 1.29 is 9.59 Å². The Morgan fingerprint density at radius 2 is 2.18 bits per heavy atom. The maximum Gasteiger partial charge on any atom is 0.152 e. The fraction of sp³-hybridized carbons (Fsp3) is 0.600. The molecule has 1 saturated carbocycles. The van der Waals surface area contributed by atoms with Crippen LogP contribution in [0.3, 0.4) is 0 Å². The van der Waals surface area contributed by atoms with Gasteiger partial charge >= 0.3 is 0 Å². The van der Waals surface area contributed by atoms with Gasteiger partial charge in [0, 0.05) is 11.8 Å². The number of carbonyl (C=O) groups excluding carboxylic acids is 2. The molecule has 2 heteroatoms. The highest BCUT2D eigenvalue weighted by molar-refractivity contribution is 5.88. The quantitative estimate of drug-likeness (QED) is 0.551. The normalized spacial score (nSPS) is 29.6. The van der Waals surface area contributed by atoms with Gasteiger partial charge in [-0.15, -0.1) is 0 Å². The summed E-state index contributed by atoms with van der Waals surface area (Å²) in [5.74, 6) is 0.703. The van der Waals surface area contributed by atoms with Gasteiger partial charge in [-0.2, -0.15) is 0 Å². The van der Waals surface area contributed by atoms with E-state index in [-0.39, 0.29) is 11.2 Å². The van der Waals surface area contributed by atoms with Crippen LogP contribution in [-0.2, 0) is 9.59 Å². The van der Waals surface area contributed by atoms with Crippen LogP contribution in [0.1, 0.15) is 46.5 Å². The third-order valence-corrected chi connectivity index (χ3v) is 3.77. The first-order chi connectivity index (χ1) is 7.85. The van der Waals surface area contributed by atoms with Crippen LogP contribution in [-0.4, -0.2) is 11.6 Å². The topological polar surface area (TPSA) is 34.1 Å². The summed E-state index contributed by atoms with van der Waals surface area (Å²) < 4.78 is 0. The molecular weight excluding hydrogens is 212 g/mol. The fourth-order valence-electron chi connectivity index (χ4n) is 2.33. The van der Waals surface area contributed by atoms with E-state index in [2.05, 4.69) is 6.58 Å². The maximum absolute atomic E-state index is 12.1. The Hall–Kier alpha value is -1.18. The Bertz CT molecular complexity index is 365. The van der Waals surface area contributed by atoms with Crippen molar-refractivity contribution in [3.63, 3.8) is 0 Å². The third kappa shape index (κ3) is 3.65. The van der Waals surface area contributed by atoms with Gasteiger partial charge in [-0.25, -0.2) is 0 Å². The molecule has 0 aromatic carbocycles. The lowest BCUT2D eigenvalue weighted by Crippen LogP contribution is -2.34. The second-order valence-electron chi connectivity index (χ2n) is 5.49. The number of Topliss-reactive ketones (excluding diaryl/α,β-unsaturated/α-hetero) is 1. The molecule has 1 aliphatic carbocycles. The highest BCUT2D eigenvalue weighted by atomic mass is 16.1. The number of hydrogen-bond acceptors (Lipinski definition) is 2. The van der Waals surface area contributed by atoms with Gasteiger partial charge in [0.2, 0.25) is 0 Å². The van der Waals surface area contributed by atoms with Crippen molar-refractivity contribution in [1.29, 1.82) is 0 Å². The first-order valence-electron chi connectivity index (χ1n) is 6.21. The highest BCUT2D eigenvalue weighted by Crippen LogP contribution is 2.40. The van der Waals surface area contributed by atoms with E-state index in [1.54, 1.807) is 6.08 Å². The van der Waals surface area contributed by atoms with E-state index in [9.17, 15) is 9.59 Å². The van der Waals surface area contributed by atoms with Crippen molar-refractivity contribution in [3.05, 3.63) is 24.3 Å². The van der Waals surface area contributed by atoms with Gasteiger partial charge in [-0.1, -0.05) is 25.2 Å². The van der Waals surface area contributed by atoms with E-state index < -0.39 is 0 Å². The maximum atomic E-state index is 12.1. The van der Waals surface area contributed by atoms with E-state index in [4.69, 9.17) is 0 Å². The molecule has 0 N–H and O–H groups in total. The molecule has 0 saturated heterocycles. The molecular formula is C15H22O2. The zero-order valence-electron chi connectivity index (χ0n) is 11.1. The Kier molecular flexibility index (Phi) is 4.44. The molecule has 2 atom stereocenters. The lowest BCUT2D eigenvalue weighted by molar-refractivity contribution is -0.131. The van der Waals surface area contributed by atoms with Crippen LogP contribution < -0.4 is 0 Å². The predicted molar refractivity (Wildman–Crippen MR) is 69.7 cm³/mol. The first-order valence-corrected chi connectivity index (χ1v) is 6.21. The van der Waals surface area contributed by atoms with E-state index in [0.29, 0.717) is 24.5 Å². The molecule has 0 bridgehead atoms. The Balaban J connectivity index is 2.63.